The first-order valence-corrected chi connectivity index (χ1v) is 6.64. The highest BCUT2D eigenvalue weighted by Crippen LogP contribution is 2.27. The number of aromatic nitrogens is 1. The third-order valence-corrected chi connectivity index (χ3v) is 3.43. The molecule has 0 aliphatic carbocycles. The number of nitrogens with zero attached hydrogens (tertiary/aromatic N) is 1. The lowest BCUT2D eigenvalue weighted by molar-refractivity contribution is 0.453. The standard InChI is InChI=1S/C15H14ClN3O/c1-9-2-3-10-8-11(4-5-12(10)18-9)15(19-17)13-6-7-14(16)20-13/h2-8,15,19H,17H2,1H3. The van der Waals surface area contributed by atoms with Crippen molar-refractivity contribution in [3.05, 3.63) is 64.7 Å². The van der Waals surface area contributed by atoms with Crippen LogP contribution in [-0.4, -0.2) is 4.98 Å². The van der Waals surface area contributed by atoms with Gasteiger partial charge in [-0.3, -0.25) is 10.8 Å². The zero-order valence-corrected chi connectivity index (χ0v) is 11.7. The van der Waals surface area contributed by atoms with E-state index in [0.717, 1.165) is 22.2 Å². The monoisotopic (exact) mass is 287 g/mol. The first-order valence-electron chi connectivity index (χ1n) is 6.26. The van der Waals surface area contributed by atoms with Crippen LogP contribution in [0.5, 0.6) is 0 Å². The molecule has 102 valence electrons. The third kappa shape index (κ3) is 2.41. The van der Waals surface area contributed by atoms with Gasteiger partial charge in [-0.05, 0) is 54.4 Å². The summed E-state index contributed by atoms with van der Waals surface area (Å²) in [4.78, 5) is 4.48. The van der Waals surface area contributed by atoms with Gasteiger partial charge < -0.3 is 4.42 Å². The van der Waals surface area contributed by atoms with E-state index in [1.807, 2.05) is 43.3 Å². The lowest BCUT2D eigenvalue weighted by Gasteiger charge is -2.14. The molecule has 0 amide bonds. The van der Waals surface area contributed by atoms with E-state index in [1.54, 1.807) is 6.07 Å². The molecular weight excluding hydrogens is 274 g/mol. The molecule has 0 spiro atoms. The summed E-state index contributed by atoms with van der Waals surface area (Å²) < 4.78 is 5.43. The predicted molar refractivity (Wildman–Crippen MR) is 79.4 cm³/mol. The van der Waals surface area contributed by atoms with Gasteiger partial charge in [0.05, 0.1) is 5.52 Å². The van der Waals surface area contributed by atoms with Crippen molar-refractivity contribution >= 4 is 22.5 Å². The van der Waals surface area contributed by atoms with Crippen molar-refractivity contribution in [3.63, 3.8) is 0 Å². The molecule has 0 saturated carbocycles. The Morgan fingerprint density at radius 1 is 1.20 bits per heavy atom. The maximum absolute atomic E-state index is 5.82. The topological polar surface area (TPSA) is 64.1 Å². The van der Waals surface area contributed by atoms with Gasteiger partial charge in [0, 0.05) is 11.1 Å². The molecule has 1 atom stereocenters. The highest BCUT2D eigenvalue weighted by molar-refractivity contribution is 6.28. The fraction of sp³-hybridized carbons (Fsp3) is 0.133. The van der Waals surface area contributed by atoms with Crippen molar-refractivity contribution < 1.29 is 4.42 Å². The van der Waals surface area contributed by atoms with Crippen LogP contribution in [0, 0.1) is 6.92 Å². The largest absolute Gasteiger partial charge is 0.448 e. The Bertz CT molecular complexity index is 754. The number of nitrogens with one attached hydrogen (secondary N) is 1. The summed E-state index contributed by atoms with van der Waals surface area (Å²) in [5.41, 5.74) is 5.71. The molecule has 0 aliphatic rings. The van der Waals surface area contributed by atoms with Gasteiger partial charge in [-0.1, -0.05) is 12.1 Å². The molecule has 1 unspecified atom stereocenters. The molecule has 0 fully saturated rings. The molecular formula is C15H14ClN3O. The number of furan rings is 1. The van der Waals surface area contributed by atoms with E-state index in [4.69, 9.17) is 21.9 Å². The number of hydrazine groups is 1. The fourth-order valence-electron chi connectivity index (χ4n) is 2.25. The zero-order valence-electron chi connectivity index (χ0n) is 10.9. The average molecular weight is 288 g/mol. The quantitative estimate of drug-likeness (QED) is 0.573. The van der Waals surface area contributed by atoms with E-state index >= 15 is 0 Å². The Kier molecular flexibility index (Phi) is 3.44. The van der Waals surface area contributed by atoms with Crippen LogP contribution in [-0.2, 0) is 0 Å². The van der Waals surface area contributed by atoms with Gasteiger partial charge in [0.15, 0.2) is 5.22 Å². The maximum Gasteiger partial charge on any atom is 0.193 e. The van der Waals surface area contributed by atoms with E-state index in [9.17, 15) is 0 Å². The van der Waals surface area contributed by atoms with Crippen LogP contribution in [0.25, 0.3) is 10.9 Å². The second-order valence-electron chi connectivity index (χ2n) is 4.65. The van der Waals surface area contributed by atoms with E-state index in [0.29, 0.717) is 11.0 Å². The number of hydrogen-bond acceptors (Lipinski definition) is 4. The number of hydrogen-bond donors (Lipinski definition) is 2. The molecule has 3 aromatic rings. The number of pyridine rings is 1. The van der Waals surface area contributed by atoms with Gasteiger partial charge in [0.1, 0.15) is 11.8 Å². The van der Waals surface area contributed by atoms with Crippen LogP contribution in [0.2, 0.25) is 5.22 Å². The number of halogens is 1. The lowest BCUT2D eigenvalue weighted by Crippen LogP contribution is -2.28. The van der Waals surface area contributed by atoms with Crippen molar-refractivity contribution in [2.75, 3.05) is 0 Å². The normalized spacial score (nSPS) is 12.8. The van der Waals surface area contributed by atoms with Gasteiger partial charge >= 0.3 is 0 Å². The van der Waals surface area contributed by atoms with Crippen LogP contribution >= 0.6 is 11.6 Å². The number of fused-ring (bicyclic) bond motifs is 1. The van der Waals surface area contributed by atoms with Crippen LogP contribution < -0.4 is 11.3 Å². The van der Waals surface area contributed by atoms with Gasteiger partial charge in [-0.2, -0.15) is 0 Å². The first-order chi connectivity index (χ1) is 9.67. The minimum atomic E-state index is -0.242. The van der Waals surface area contributed by atoms with E-state index < -0.39 is 0 Å². The third-order valence-electron chi connectivity index (χ3n) is 3.23. The SMILES string of the molecule is Cc1ccc2cc(C(NN)c3ccc(Cl)o3)ccc2n1. The average Bonchev–Trinajstić information content (AvgIpc) is 2.86. The van der Waals surface area contributed by atoms with Crippen molar-refractivity contribution in [3.8, 4) is 0 Å². The molecule has 4 nitrogen and oxygen atoms in total. The second kappa shape index (κ2) is 5.25. The van der Waals surface area contributed by atoms with Gasteiger partial charge in [0.25, 0.3) is 0 Å². The molecule has 0 radical (unpaired) electrons. The number of rotatable bonds is 3. The second-order valence-corrected chi connectivity index (χ2v) is 5.02. The van der Waals surface area contributed by atoms with Gasteiger partial charge in [-0.25, -0.2) is 5.43 Å². The predicted octanol–water partition coefficient (Wildman–Crippen LogP) is 3.34. The minimum absolute atomic E-state index is 0.242. The number of aryl methyl sites for hydroxylation is 1. The van der Waals surface area contributed by atoms with E-state index in [-0.39, 0.29) is 6.04 Å². The molecule has 0 aliphatic heterocycles. The lowest BCUT2D eigenvalue weighted by atomic mass is 10.0. The van der Waals surface area contributed by atoms with Gasteiger partial charge in [-0.15, -0.1) is 0 Å². The van der Waals surface area contributed by atoms with Crippen LogP contribution in [0.4, 0.5) is 0 Å². The summed E-state index contributed by atoms with van der Waals surface area (Å²) in [6.07, 6.45) is 0. The van der Waals surface area contributed by atoms with Crippen molar-refractivity contribution in [2.45, 2.75) is 13.0 Å². The van der Waals surface area contributed by atoms with E-state index in [1.165, 1.54) is 0 Å². The highest BCUT2D eigenvalue weighted by Gasteiger charge is 2.16. The molecule has 5 heteroatoms. The molecule has 2 heterocycles. The summed E-state index contributed by atoms with van der Waals surface area (Å²) in [6, 6.07) is 13.3. The molecule has 2 aromatic heterocycles. The summed E-state index contributed by atoms with van der Waals surface area (Å²) in [5, 5.41) is 1.41. The Morgan fingerprint density at radius 3 is 2.75 bits per heavy atom. The fourth-order valence-corrected chi connectivity index (χ4v) is 2.40. The Labute approximate surface area is 121 Å². The molecule has 3 rings (SSSR count). The maximum atomic E-state index is 5.82. The number of nitrogens with two attached hydrogens (primary N) is 1. The Hall–Kier alpha value is -1.88. The molecule has 3 N–H and O–H groups in total. The Balaban J connectivity index is 2.05. The smallest absolute Gasteiger partial charge is 0.193 e. The summed E-state index contributed by atoms with van der Waals surface area (Å²) in [7, 11) is 0. The molecule has 0 saturated heterocycles. The number of benzene rings is 1. The van der Waals surface area contributed by atoms with Crippen LogP contribution in [0.15, 0.2) is 46.9 Å². The van der Waals surface area contributed by atoms with Crippen molar-refractivity contribution in [1.82, 2.24) is 10.4 Å². The Morgan fingerprint density at radius 2 is 2.05 bits per heavy atom. The van der Waals surface area contributed by atoms with Crippen molar-refractivity contribution in [1.29, 1.82) is 0 Å². The minimum Gasteiger partial charge on any atom is -0.448 e. The zero-order chi connectivity index (χ0) is 14.1. The summed E-state index contributed by atoms with van der Waals surface area (Å²) in [5.74, 6) is 6.32. The van der Waals surface area contributed by atoms with Crippen LogP contribution in [0.3, 0.4) is 0 Å². The summed E-state index contributed by atoms with van der Waals surface area (Å²) >= 11 is 5.82. The summed E-state index contributed by atoms with van der Waals surface area (Å²) in [6.45, 7) is 1.97. The highest BCUT2D eigenvalue weighted by atomic mass is 35.5. The van der Waals surface area contributed by atoms with Crippen molar-refractivity contribution in [2.24, 2.45) is 5.84 Å². The molecule has 0 bridgehead atoms. The first kappa shape index (κ1) is 13.1. The molecule has 1 aromatic carbocycles. The van der Waals surface area contributed by atoms with E-state index in [2.05, 4.69) is 10.4 Å². The van der Waals surface area contributed by atoms with Crippen LogP contribution in [0.1, 0.15) is 23.1 Å². The molecule has 20 heavy (non-hydrogen) atoms. The van der Waals surface area contributed by atoms with Gasteiger partial charge in [0.2, 0.25) is 0 Å².